The number of fused-ring (bicyclic) bond motifs is 1. The van der Waals surface area contributed by atoms with E-state index in [1.165, 1.54) is 6.20 Å². The molecule has 2 aromatic heterocycles. The van der Waals surface area contributed by atoms with Crippen molar-refractivity contribution in [3.05, 3.63) is 41.1 Å². The zero-order valence-electron chi connectivity index (χ0n) is 13.2. The molecule has 0 bridgehead atoms. The number of hydrogen-bond acceptors (Lipinski definition) is 6. The molecular weight excluding hydrogens is 328 g/mol. The van der Waals surface area contributed by atoms with Gasteiger partial charge in [0, 0.05) is 11.1 Å². The van der Waals surface area contributed by atoms with Crippen LogP contribution < -0.4 is 11.1 Å². The molecule has 0 fully saturated rings. The number of thiazole rings is 1. The van der Waals surface area contributed by atoms with Gasteiger partial charge in [0.05, 0.1) is 12.8 Å². The lowest BCUT2D eigenvalue weighted by Gasteiger charge is -2.04. The molecule has 0 radical (unpaired) electrons. The van der Waals surface area contributed by atoms with Crippen LogP contribution in [0.4, 0.5) is 10.8 Å². The zero-order valence-corrected chi connectivity index (χ0v) is 14.0. The lowest BCUT2D eigenvalue weighted by Crippen LogP contribution is -2.21. The molecule has 0 amide bonds. The summed E-state index contributed by atoms with van der Waals surface area (Å²) < 4.78 is 10.4. The number of ether oxygens (including phenoxy) is 1. The molecule has 3 N–H and O–H groups in total. The Hall–Kier alpha value is -2.87. The van der Waals surface area contributed by atoms with E-state index in [1.54, 1.807) is 6.92 Å². The number of furan rings is 1. The SMILES string of the molecule is CCOC(=O)c1cnc(N=C(N)Nc2ccc3oc(C)cc3c2)s1. The number of benzene rings is 1. The van der Waals surface area contributed by atoms with Gasteiger partial charge in [0.15, 0.2) is 0 Å². The zero-order chi connectivity index (χ0) is 17.1. The molecule has 0 spiro atoms. The number of guanidine groups is 1. The minimum atomic E-state index is -0.413. The Balaban J connectivity index is 1.74. The van der Waals surface area contributed by atoms with Crippen molar-refractivity contribution in [2.75, 3.05) is 11.9 Å². The van der Waals surface area contributed by atoms with Gasteiger partial charge in [0.25, 0.3) is 0 Å². The van der Waals surface area contributed by atoms with Crippen LogP contribution in [-0.4, -0.2) is 23.5 Å². The molecular formula is C16H16N4O3S. The molecule has 8 heteroatoms. The summed E-state index contributed by atoms with van der Waals surface area (Å²) in [6.45, 7) is 3.96. The molecule has 0 aliphatic heterocycles. The molecule has 0 atom stereocenters. The van der Waals surface area contributed by atoms with Gasteiger partial charge in [-0.15, -0.1) is 0 Å². The fourth-order valence-electron chi connectivity index (χ4n) is 2.15. The van der Waals surface area contributed by atoms with Gasteiger partial charge < -0.3 is 20.2 Å². The van der Waals surface area contributed by atoms with Crippen LogP contribution in [0.5, 0.6) is 0 Å². The first-order valence-electron chi connectivity index (χ1n) is 7.29. The number of hydrogen-bond donors (Lipinski definition) is 2. The number of carbonyl (C=O) groups is 1. The van der Waals surface area contributed by atoms with Gasteiger partial charge in [-0.2, -0.15) is 4.99 Å². The van der Waals surface area contributed by atoms with Crippen molar-refractivity contribution in [3.63, 3.8) is 0 Å². The van der Waals surface area contributed by atoms with Crippen LogP contribution in [0.3, 0.4) is 0 Å². The summed E-state index contributed by atoms with van der Waals surface area (Å²) in [4.78, 5) is 20.2. The van der Waals surface area contributed by atoms with Crippen LogP contribution in [0.15, 0.2) is 39.9 Å². The minimum absolute atomic E-state index is 0.180. The number of aryl methyl sites for hydroxylation is 1. The van der Waals surface area contributed by atoms with Crippen LogP contribution in [-0.2, 0) is 4.74 Å². The van der Waals surface area contributed by atoms with Crippen LogP contribution in [0.2, 0.25) is 0 Å². The standard InChI is InChI=1S/C16H16N4O3S/c1-3-22-14(21)13-8-18-16(24-13)20-15(17)19-11-4-5-12-10(7-11)6-9(2)23-12/h4-8H,3H2,1-2H3,(H3,17,18,19,20). The summed E-state index contributed by atoms with van der Waals surface area (Å²) in [5.74, 6) is 0.612. The molecule has 0 saturated heterocycles. The third-order valence-electron chi connectivity index (χ3n) is 3.10. The van der Waals surface area contributed by atoms with E-state index in [0.29, 0.717) is 16.6 Å². The quantitative estimate of drug-likeness (QED) is 0.427. The van der Waals surface area contributed by atoms with Crippen LogP contribution in [0.1, 0.15) is 22.4 Å². The van der Waals surface area contributed by atoms with Gasteiger partial charge in [0.2, 0.25) is 11.1 Å². The lowest BCUT2D eigenvalue weighted by molar-refractivity contribution is 0.0532. The van der Waals surface area contributed by atoms with Gasteiger partial charge in [-0.3, -0.25) is 0 Å². The molecule has 7 nitrogen and oxygen atoms in total. The normalized spacial score (nSPS) is 11.7. The first kappa shape index (κ1) is 16.0. The largest absolute Gasteiger partial charge is 0.462 e. The lowest BCUT2D eigenvalue weighted by atomic mass is 10.2. The van der Waals surface area contributed by atoms with E-state index >= 15 is 0 Å². The van der Waals surface area contributed by atoms with Crippen LogP contribution >= 0.6 is 11.3 Å². The number of aromatic nitrogens is 1. The topological polar surface area (TPSA) is 103 Å². The van der Waals surface area contributed by atoms with Crippen molar-refractivity contribution in [1.29, 1.82) is 0 Å². The highest BCUT2D eigenvalue weighted by Crippen LogP contribution is 2.24. The third-order valence-corrected chi connectivity index (χ3v) is 3.97. The number of nitrogens with one attached hydrogen (secondary N) is 1. The first-order chi connectivity index (χ1) is 11.5. The summed E-state index contributed by atoms with van der Waals surface area (Å²) in [5, 5.41) is 4.35. The van der Waals surface area contributed by atoms with E-state index in [4.69, 9.17) is 14.9 Å². The highest BCUT2D eigenvalue weighted by molar-refractivity contribution is 7.17. The average molecular weight is 344 g/mol. The van der Waals surface area contributed by atoms with Gasteiger partial charge >= 0.3 is 5.97 Å². The minimum Gasteiger partial charge on any atom is -0.462 e. The van der Waals surface area contributed by atoms with E-state index in [1.807, 2.05) is 31.2 Å². The molecule has 0 aliphatic carbocycles. The van der Waals surface area contributed by atoms with E-state index in [0.717, 1.165) is 33.8 Å². The number of carbonyl (C=O) groups excluding carboxylic acids is 1. The van der Waals surface area contributed by atoms with Gasteiger partial charge in [-0.1, -0.05) is 11.3 Å². The molecule has 3 aromatic rings. The summed E-state index contributed by atoms with van der Waals surface area (Å²) in [6, 6.07) is 7.57. The predicted octanol–water partition coefficient (Wildman–Crippen LogP) is 3.43. The number of anilines is 1. The Morgan fingerprint density at radius 1 is 1.46 bits per heavy atom. The Labute approximate surface area is 142 Å². The molecule has 0 saturated carbocycles. The number of esters is 1. The molecule has 3 rings (SSSR count). The van der Waals surface area contributed by atoms with E-state index < -0.39 is 5.97 Å². The third kappa shape index (κ3) is 3.54. The van der Waals surface area contributed by atoms with E-state index in [9.17, 15) is 4.79 Å². The number of nitrogens with two attached hydrogens (primary N) is 1. The average Bonchev–Trinajstić information content (AvgIpc) is 3.12. The van der Waals surface area contributed by atoms with Crippen molar-refractivity contribution in [1.82, 2.24) is 4.98 Å². The van der Waals surface area contributed by atoms with Crippen molar-refractivity contribution >= 4 is 45.1 Å². The fraction of sp³-hybridized carbons (Fsp3) is 0.188. The van der Waals surface area contributed by atoms with Crippen LogP contribution in [0, 0.1) is 6.92 Å². The van der Waals surface area contributed by atoms with E-state index in [-0.39, 0.29) is 5.96 Å². The highest BCUT2D eigenvalue weighted by atomic mass is 32.1. The molecule has 0 aliphatic rings. The summed E-state index contributed by atoms with van der Waals surface area (Å²) in [5.41, 5.74) is 7.49. The second kappa shape index (κ2) is 6.71. The fourth-order valence-corrected chi connectivity index (χ4v) is 2.84. The monoisotopic (exact) mass is 344 g/mol. The second-order valence-electron chi connectivity index (χ2n) is 4.96. The maximum Gasteiger partial charge on any atom is 0.350 e. The van der Waals surface area contributed by atoms with Crippen molar-refractivity contribution in [3.8, 4) is 0 Å². The Bertz CT molecular complexity index is 913. The summed E-state index contributed by atoms with van der Waals surface area (Å²) in [7, 11) is 0. The van der Waals surface area contributed by atoms with Gasteiger partial charge in [-0.25, -0.2) is 9.78 Å². The smallest absolute Gasteiger partial charge is 0.350 e. The maximum atomic E-state index is 11.6. The number of rotatable bonds is 4. The highest BCUT2D eigenvalue weighted by Gasteiger charge is 2.11. The van der Waals surface area contributed by atoms with E-state index in [2.05, 4.69) is 15.3 Å². The van der Waals surface area contributed by atoms with Crippen LogP contribution in [0.25, 0.3) is 11.0 Å². The number of nitrogens with zero attached hydrogens (tertiary/aromatic N) is 2. The first-order valence-corrected chi connectivity index (χ1v) is 8.11. The second-order valence-corrected chi connectivity index (χ2v) is 5.97. The van der Waals surface area contributed by atoms with Crippen molar-refractivity contribution in [2.45, 2.75) is 13.8 Å². The van der Waals surface area contributed by atoms with Crippen molar-refractivity contribution < 1.29 is 13.9 Å². The Kier molecular flexibility index (Phi) is 4.48. The number of aliphatic imine (C=N–C) groups is 1. The molecule has 1 aromatic carbocycles. The predicted molar refractivity (Wildman–Crippen MR) is 93.9 cm³/mol. The Morgan fingerprint density at radius 2 is 2.29 bits per heavy atom. The summed E-state index contributed by atoms with van der Waals surface area (Å²) >= 11 is 1.12. The Morgan fingerprint density at radius 3 is 3.08 bits per heavy atom. The molecule has 2 heterocycles. The van der Waals surface area contributed by atoms with Gasteiger partial charge in [0.1, 0.15) is 16.2 Å². The molecule has 0 unspecified atom stereocenters. The van der Waals surface area contributed by atoms with Crippen molar-refractivity contribution in [2.24, 2.45) is 10.7 Å². The summed E-state index contributed by atoms with van der Waals surface area (Å²) in [6.07, 6.45) is 1.43. The van der Waals surface area contributed by atoms with Gasteiger partial charge in [-0.05, 0) is 38.1 Å². The maximum absolute atomic E-state index is 11.6. The molecule has 124 valence electrons. The molecule has 24 heavy (non-hydrogen) atoms.